The van der Waals surface area contributed by atoms with E-state index in [4.69, 9.17) is 4.74 Å². The van der Waals surface area contributed by atoms with Gasteiger partial charge in [0.25, 0.3) is 0 Å². The Morgan fingerprint density at radius 2 is 1.62 bits per heavy atom. The third-order valence-corrected chi connectivity index (χ3v) is 9.88. The van der Waals surface area contributed by atoms with E-state index < -0.39 is 5.97 Å². The average molecular weight is 633 g/mol. The highest BCUT2D eigenvalue weighted by molar-refractivity contribution is 8.00. The molecule has 0 saturated heterocycles. The lowest BCUT2D eigenvalue weighted by molar-refractivity contribution is -0.136. The van der Waals surface area contributed by atoms with E-state index in [1.54, 1.807) is 23.9 Å². The number of aryl methyl sites for hydroxylation is 1. The molecule has 2 N–H and O–H groups in total. The molecule has 0 radical (unpaired) electrons. The van der Waals surface area contributed by atoms with Gasteiger partial charge in [-0.15, -0.1) is 0 Å². The first-order valence-electron chi connectivity index (χ1n) is 14.9. The summed E-state index contributed by atoms with van der Waals surface area (Å²) in [7, 11) is 0. The zero-order valence-electron chi connectivity index (χ0n) is 25.9. The Morgan fingerprint density at radius 3 is 2.31 bits per heavy atom. The Balaban J connectivity index is 1.31. The molecule has 228 valence electrons. The summed E-state index contributed by atoms with van der Waals surface area (Å²) in [5.41, 5.74) is 13.1. The minimum atomic E-state index is -0.822. The number of benzene rings is 5. The fourth-order valence-electron chi connectivity index (χ4n) is 6.03. The van der Waals surface area contributed by atoms with E-state index in [1.165, 1.54) is 22.3 Å². The number of carboxylic acids is 1. The minimum Gasteiger partial charge on any atom is -0.489 e. The van der Waals surface area contributed by atoms with Gasteiger partial charge >= 0.3 is 5.97 Å². The molecule has 0 spiro atoms. The van der Waals surface area contributed by atoms with Crippen LogP contribution in [0.5, 0.6) is 5.75 Å². The molecule has 45 heavy (non-hydrogen) atoms. The van der Waals surface area contributed by atoms with Gasteiger partial charge in [-0.1, -0.05) is 78.2 Å². The van der Waals surface area contributed by atoms with Crippen LogP contribution in [0, 0.1) is 20.8 Å². The number of anilines is 2. The van der Waals surface area contributed by atoms with Crippen LogP contribution in [0.2, 0.25) is 0 Å². The van der Waals surface area contributed by atoms with Gasteiger partial charge < -0.3 is 18.9 Å². The van der Waals surface area contributed by atoms with Crippen molar-refractivity contribution in [2.45, 2.75) is 45.2 Å². The standard InChI is InChI=1S/C38H36N2O3S2/c1-24-10-12-28(13-11-24)36-26(3)37-34-20-30(15-14-29(34)22-40(44-4)38(37)25(2)33(36)21-35(41)42)39-45-32-18-16-31(17-19-32)43-23-27-8-6-5-7-9-27/h5-20,39H,21-23H2,1-4H3,(H,41,42). The normalized spacial score (nSPS) is 12.0. The first kappa shape index (κ1) is 30.7. The molecule has 0 saturated carbocycles. The number of fused-ring (bicyclic) bond motifs is 3. The van der Waals surface area contributed by atoms with Crippen LogP contribution in [-0.4, -0.2) is 17.3 Å². The van der Waals surface area contributed by atoms with Crippen molar-refractivity contribution in [1.29, 1.82) is 0 Å². The Kier molecular flexibility index (Phi) is 9.10. The number of nitrogens with one attached hydrogen (secondary N) is 1. The molecule has 0 aliphatic carbocycles. The van der Waals surface area contributed by atoms with E-state index in [1.807, 2.05) is 30.3 Å². The van der Waals surface area contributed by atoms with Crippen LogP contribution in [-0.2, 0) is 24.4 Å². The largest absolute Gasteiger partial charge is 0.489 e. The van der Waals surface area contributed by atoms with Crippen LogP contribution in [0.25, 0.3) is 22.3 Å². The van der Waals surface area contributed by atoms with Gasteiger partial charge in [-0.25, -0.2) is 0 Å². The zero-order valence-corrected chi connectivity index (χ0v) is 27.5. The fourth-order valence-corrected chi connectivity index (χ4v) is 7.35. The second kappa shape index (κ2) is 13.3. The first-order chi connectivity index (χ1) is 21.8. The molecular formula is C38H36N2O3S2. The topological polar surface area (TPSA) is 61.8 Å². The number of rotatable bonds is 10. The van der Waals surface area contributed by atoms with Crippen molar-refractivity contribution in [3.8, 4) is 28.0 Å². The molecule has 5 nitrogen and oxygen atoms in total. The Morgan fingerprint density at radius 1 is 0.889 bits per heavy atom. The summed E-state index contributed by atoms with van der Waals surface area (Å²) >= 11 is 3.24. The number of ether oxygens (including phenoxy) is 1. The third-order valence-electron chi connectivity index (χ3n) is 8.29. The molecule has 1 aliphatic rings. The minimum absolute atomic E-state index is 0.0213. The number of hydrogen-bond donors (Lipinski definition) is 2. The van der Waals surface area contributed by atoms with Crippen molar-refractivity contribution in [2.24, 2.45) is 0 Å². The number of nitrogens with zero attached hydrogens (tertiary/aromatic N) is 1. The first-order valence-corrected chi connectivity index (χ1v) is 16.9. The van der Waals surface area contributed by atoms with Crippen molar-refractivity contribution in [3.05, 3.63) is 130 Å². The van der Waals surface area contributed by atoms with Crippen LogP contribution in [0.3, 0.4) is 0 Å². The molecule has 0 atom stereocenters. The fraction of sp³-hybridized carbons (Fsp3) is 0.184. The number of aliphatic carboxylic acids is 1. The summed E-state index contributed by atoms with van der Waals surface area (Å²) in [5.74, 6) is 0.0152. The molecule has 6 rings (SSSR count). The van der Waals surface area contributed by atoms with E-state index in [2.05, 4.69) is 103 Å². The van der Waals surface area contributed by atoms with E-state index in [-0.39, 0.29) is 6.42 Å². The lowest BCUT2D eigenvalue weighted by Crippen LogP contribution is -2.22. The molecule has 0 unspecified atom stereocenters. The average Bonchev–Trinajstić information content (AvgIpc) is 3.05. The van der Waals surface area contributed by atoms with Crippen molar-refractivity contribution < 1.29 is 14.6 Å². The van der Waals surface area contributed by atoms with Crippen molar-refractivity contribution in [2.75, 3.05) is 15.3 Å². The van der Waals surface area contributed by atoms with Gasteiger partial charge in [0.15, 0.2) is 0 Å². The molecule has 0 bridgehead atoms. The summed E-state index contributed by atoms with van der Waals surface area (Å²) in [4.78, 5) is 13.2. The van der Waals surface area contributed by atoms with Gasteiger partial charge in [-0.2, -0.15) is 0 Å². The second-order valence-electron chi connectivity index (χ2n) is 11.3. The van der Waals surface area contributed by atoms with Gasteiger partial charge in [-0.3, -0.25) is 4.79 Å². The van der Waals surface area contributed by atoms with E-state index in [9.17, 15) is 9.90 Å². The summed E-state index contributed by atoms with van der Waals surface area (Å²) in [6.07, 6.45) is 2.06. The molecular weight excluding hydrogens is 597 g/mol. The SMILES string of the molecule is CSN1Cc2ccc(NSc3ccc(OCc4ccccc4)cc3)cc2-c2c(C)c(-c3ccc(C)cc3)c(CC(=O)O)c(C)c21. The maximum atomic E-state index is 12.1. The predicted octanol–water partition coefficient (Wildman–Crippen LogP) is 9.87. The number of hydrogen-bond acceptors (Lipinski definition) is 6. The molecule has 5 aromatic rings. The maximum absolute atomic E-state index is 12.1. The molecule has 0 amide bonds. The lowest BCUT2D eigenvalue weighted by Gasteiger charge is -2.36. The van der Waals surface area contributed by atoms with Gasteiger partial charge in [0.1, 0.15) is 12.4 Å². The number of carboxylic acid groups (broad SMARTS) is 1. The smallest absolute Gasteiger partial charge is 0.307 e. The van der Waals surface area contributed by atoms with E-state index >= 15 is 0 Å². The van der Waals surface area contributed by atoms with Crippen LogP contribution in [0.15, 0.2) is 102 Å². The Hall–Kier alpha value is -4.33. The van der Waals surface area contributed by atoms with Crippen LogP contribution < -0.4 is 13.8 Å². The van der Waals surface area contributed by atoms with Gasteiger partial charge in [0.05, 0.1) is 18.7 Å². The third kappa shape index (κ3) is 6.56. The Labute approximate surface area is 273 Å². The highest BCUT2D eigenvalue weighted by Gasteiger charge is 2.30. The van der Waals surface area contributed by atoms with Crippen molar-refractivity contribution >= 4 is 41.2 Å². The quantitative estimate of drug-likeness (QED) is 0.149. The van der Waals surface area contributed by atoms with Crippen LogP contribution in [0.1, 0.15) is 33.4 Å². The van der Waals surface area contributed by atoms with Gasteiger partial charge in [0, 0.05) is 22.4 Å². The van der Waals surface area contributed by atoms with Crippen molar-refractivity contribution in [3.63, 3.8) is 0 Å². The summed E-state index contributed by atoms with van der Waals surface area (Å²) < 4.78 is 11.8. The molecule has 1 heterocycles. The van der Waals surface area contributed by atoms with E-state index in [0.717, 1.165) is 61.9 Å². The summed E-state index contributed by atoms with van der Waals surface area (Å²) in [6.45, 7) is 7.58. The van der Waals surface area contributed by atoms with Crippen LogP contribution >= 0.6 is 23.9 Å². The molecule has 0 fully saturated rings. The van der Waals surface area contributed by atoms with E-state index in [0.29, 0.717) is 6.61 Å². The number of carbonyl (C=O) groups is 1. The van der Waals surface area contributed by atoms with Gasteiger partial charge in [0.2, 0.25) is 0 Å². The second-order valence-corrected chi connectivity index (χ2v) is 13.0. The molecule has 0 aromatic heterocycles. The monoisotopic (exact) mass is 632 g/mol. The predicted molar refractivity (Wildman–Crippen MR) is 189 cm³/mol. The van der Waals surface area contributed by atoms with Crippen LogP contribution in [0.4, 0.5) is 11.4 Å². The summed E-state index contributed by atoms with van der Waals surface area (Å²) in [6, 6.07) is 33.3. The summed E-state index contributed by atoms with van der Waals surface area (Å²) in [5, 5.41) is 9.92. The van der Waals surface area contributed by atoms with Crippen molar-refractivity contribution in [1.82, 2.24) is 0 Å². The highest BCUT2D eigenvalue weighted by atomic mass is 32.2. The zero-order chi connectivity index (χ0) is 31.5. The highest BCUT2D eigenvalue weighted by Crippen LogP contribution is 2.50. The maximum Gasteiger partial charge on any atom is 0.307 e. The lowest BCUT2D eigenvalue weighted by atomic mass is 9.81. The Bertz CT molecular complexity index is 1840. The molecule has 5 aromatic carbocycles. The molecule has 1 aliphatic heterocycles. The molecule has 7 heteroatoms. The van der Waals surface area contributed by atoms with Gasteiger partial charge in [-0.05, 0) is 114 Å².